The van der Waals surface area contributed by atoms with Crippen molar-refractivity contribution in [2.24, 2.45) is 5.92 Å². The summed E-state index contributed by atoms with van der Waals surface area (Å²) in [7, 11) is 0. The van der Waals surface area contributed by atoms with Crippen LogP contribution < -0.4 is 5.32 Å². The summed E-state index contributed by atoms with van der Waals surface area (Å²) in [4.78, 5) is 13.7. The van der Waals surface area contributed by atoms with Crippen molar-refractivity contribution >= 4 is 6.03 Å². The third-order valence-corrected chi connectivity index (χ3v) is 4.33. The molecule has 0 aromatic carbocycles. The number of nitrogens with zero attached hydrogens (tertiary/aromatic N) is 1. The van der Waals surface area contributed by atoms with E-state index < -0.39 is 0 Å². The van der Waals surface area contributed by atoms with Gasteiger partial charge in [-0.25, -0.2) is 4.79 Å². The number of aliphatic hydroxyl groups is 1. The van der Waals surface area contributed by atoms with Crippen LogP contribution in [-0.4, -0.2) is 55.0 Å². The summed E-state index contributed by atoms with van der Waals surface area (Å²) in [5.41, 5.74) is 0. The summed E-state index contributed by atoms with van der Waals surface area (Å²) in [6.07, 6.45) is 8.56. The third-order valence-electron chi connectivity index (χ3n) is 4.33. The van der Waals surface area contributed by atoms with Gasteiger partial charge in [-0.3, -0.25) is 0 Å². The molecule has 5 heteroatoms. The number of amides is 2. The quantitative estimate of drug-likeness (QED) is 0.731. The van der Waals surface area contributed by atoms with Crippen LogP contribution in [0.3, 0.4) is 0 Å². The maximum absolute atomic E-state index is 11.9. The molecule has 0 aromatic heterocycles. The molecule has 2 rings (SSSR count). The minimum Gasteiger partial charge on any atom is -0.396 e. The first-order valence-corrected chi connectivity index (χ1v) is 8.05. The molecule has 0 spiro atoms. The van der Waals surface area contributed by atoms with Crippen molar-refractivity contribution in [1.82, 2.24) is 10.2 Å². The molecule has 1 atom stereocenters. The van der Waals surface area contributed by atoms with Crippen LogP contribution in [0.15, 0.2) is 0 Å². The Balaban J connectivity index is 1.49. The Morgan fingerprint density at radius 1 is 1.25 bits per heavy atom. The Morgan fingerprint density at radius 3 is 2.75 bits per heavy atom. The molecular formula is C15H28N2O3. The molecule has 2 fully saturated rings. The topological polar surface area (TPSA) is 61.8 Å². The van der Waals surface area contributed by atoms with Gasteiger partial charge in [0.15, 0.2) is 0 Å². The highest BCUT2D eigenvalue weighted by molar-refractivity contribution is 5.74. The zero-order valence-electron chi connectivity index (χ0n) is 12.4. The number of carbonyl (C=O) groups excluding carboxylic acids is 1. The Bertz CT molecular complexity index is 293. The molecule has 2 N–H and O–H groups in total. The van der Waals surface area contributed by atoms with Gasteiger partial charge in [-0.05, 0) is 25.7 Å². The molecule has 1 heterocycles. The fourth-order valence-electron chi connectivity index (χ4n) is 3.03. The molecular weight excluding hydrogens is 256 g/mol. The average molecular weight is 284 g/mol. The highest BCUT2D eigenvalue weighted by Crippen LogP contribution is 2.20. The Kier molecular flexibility index (Phi) is 6.60. The molecule has 0 radical (unpaired) electrons. The second-order valence-electron chi connectivity index (χ2n) is 6.00. The van der Waals surface area contributed by atoms with Crippen molar-refractivity contribution in [2.75, 3.05) is 32.8 Å². The van der Waals surface area contributed by atoms with Crippen molar-refractivity contribution in [3.8, 4) is 0 Å². The number of nitrogens with one attached hydrogen (secondary N) is 1. The van der Waals surface area contributed by atoms with Gasteiger partial charge in [0, 0.05) is 38.8 Å². The molecule has 1 aliphatic carbocycles. The van der Waals surface area contributed by atoms with Crippen molar-refractivity contribution in [3.05, 3.63) is 0 Å². The van der Waals surface area contributed by atoms with Crippen molar-refractivity contribution < 1.29 is 14.6 Å². The molecule has 0 bridgehead atoms. The van der Waals surface area contributed by atoms with E-state index in [9.17, 15) is 4.79 Å². The standard InChI is InChI=1S/C15H28N2O3/c18-12-13-7-9-17(11-13)15(19)16-8-4-10-20-14-5-2-1-3-6-14/h13-14,18H,1-12H2,(H,16,19). The fourth-order valence-corrected chi connectivity index (χ4v) is 3.03. The van der Waals surface area contributed by atoms with E-state index in [4.69, 9.17) is 9.84 Å². The van der Waals surface area contributed by atoms with E-state index in [2.05, 4.69) is 5.32 Å². The maximum Gasteiger partial charge on any atom is 0.317 e. The first kappa shape index (κ1) is 15.6. The highest BCUT2D eigenvalue weighted by atomic mass is 16.5. The lowest BCUT2D eigenvalue weighted by atomic mass is 9.98. The average Bonchev–Trinajstić information content (AvgIpc) is 2.97. The zero-order valence-corrected chi connectivity index (χ0v) is 12.4. The van der Waals surface area contributed by atoms with E-state index in [1.54, 1.807) is 4.90 Å². The van der Waals surface area contributed by atoms with Crippen LogP contribution in [0, 0.1) is 5.92 Å². The predicted octanol–water partition coefficient (Wildman–Crippen LogP) is 1.75. The number of carbonyl (C=O) groups is 1. The normalized spacial score (nSPS) is 24.1. The van der Waals surface area contributed by atoms with Crippen molar-refractivity contribution in [2.45, 2.75) is 51.0 Å². The van der Waals surface area contributed by atoms with Gasteiger partial charge in [0.25, 0.3) is 0 Å². The smallest absolute Gasteiger partial charge is 0.317 e. The van der Waals surface area contributed by atoms with Gasteiger partial charge in [-0.1, -0.05) is 19.3 Å². The molecule has 5 nitrogen and oxygen atoms in total. The van der Waals surface area contributed by atoms with Crippen LogP contribution in [0.2, 0.25) is 0 Å². The maximum atomic E-state index is 11.9. The highest BCUT2D eigenvalue weighted by Gasteiger charge is 2.25. The molecule has 0 aromatic rings. The number of aliphatic hydroxyl groups excluding tert-OH is 1. The molecule has 116 valence electrons. The fraction of sp³-hybridized carbons (Fsp3) is 0.933. The number of hydrogen-bond donors (Lipinski definition) is 2. The summed E-state index contributed by atoms with van der Waals surface area (Å²) < 4.78 is 5.83. The van der Waals surface area contributed by atoms with Gasteiger partial charge in [0.2, 0.25) is 0 Å². The summed E-state index contributed by atoms with van der Waals surface area (Å²) in [6, 6.07) is -0.00128. The van der Waals surface area contributed by atoms with Crippen LogP contribution in [0.5, 0.6) is 0 Å². The van der Waals surface area contributed by atoms with Crippen LogP contribution in [-0.2, 0) is 4.74 Å². The lowest BCUT2D eigenvalue weighted by molar-refractivity contribution is 0.0275. The monoisotopic (exact) mass is 284 g/mol. The van der Waals surface area contributed by atoms with E-state index >= 15 is 0 Å². The number of rotatable bonds is 6. The lowest BCUT2D eigenvalue weighted by Gasteiger charge is -2.22. The molecule has 2 aliphatic rings. The molecule has 1 unspecified atom stereocenters. The van der Waals surface area contributed by atoms with Crippen molar-refractivity contribution in [1.29, 1.82) is 0 Å². The van der Waals surface area contributed by atoms with Crippen LogP contribution >= 0.6 is 0 Å². The van der Waals surface area contributed by atoms with Gasteiger partial charge in [0.1, 0.15) is 0 Å². The number of likely N-dealkylation sites (tertiary alicyclic amines) is 1. The number of ether oxygens (including phenoxy) is 1. The van der Waals surface area contributed by atoms with Gasteiger partial charge >= 0.3 is 6.03 Å². The third kappa shape index (κ3) is 4.94. The first-order valence-electron chi connectivity index (χ1n) is 8.05. The number of hydrogen-bond acceptors (Lipinski definition) is 3. The Hall–Kier alpha value is -0.810. The summed E-state index contributed by atoms with van der Waals surface area (Å²) in [5, 5.41) is 12.0. The SMILES string of the molecule is O=C(NCCCOC1CCCCC1)N1CCC(CO)C1. The minimum absolute atomic E-state index is 0.00128. The summed E-state index contributed by atoms with van der Waals surface area (Å²) in [6.45, 7) is 3.03. The predicted molar refractivity (Wildman–Crippen MR) is 77.6 cm³/mol. The lowest BCUT2D eigenvalue weighted by Crippen LogP contribution is -2.39. The minimum atomic E-state index is -0.00128. The first-order chi connectivity index (χ1) is 9.79. The van der Waals surface area contributed by atoms with Crippen LogP contribution in [0.4, 0.5) is 4.79 Å². The van der Waals surface area contributed by atoms with Gasteiger partial charge in [-0.2, -0.15) is 0 Å². The van der Waals surface area contributed by atoms with E-state index in [1.165, 1.54) is 32.1 Å². The van der Waals surface area contributed by atoms with Crippen LogP contribution in [0.1, 0.15) is 44.9 Å². The van der Waals surface area contributed by atoms with E-state index in [0.717, 1.165) is 26.0 Å². The molecule has 1 saturated carbocycles. The second-order valence-corrected chi connectivity index (χ2v) is 6.00. The Labute approximate surface area is 121 Å². The number of urea groups is 1. The van der Waals surface area contributed by atoms with Gasteiger partial charge in [-0.15, -0.1) is 0 Å². The summed E-state index contributed by atoms with van der Waals surface area (Å²) >= 11 is 0. The summed E-state index contributed by atoms with van der Waals surface area (Å²) in [5.74, 6) is 0.260. The van der Waals surface area contributed by atoms with Crippen LogP contribution in [0.25, 0.3) is 0 Å². The van der Waals surface area contributed by atoms with Gasteiger partial charge < -0.3 is 20.1 Å². The zero-order chi connectivity index (χ0) is 14.2. The van der Waals surface area contributed by atoms with E-state index in [1.807, 2.05) is 0 Å². The molecule has 1 saturated heterocycles. The Morgan fingerprint density at radius 2 is 2.05 bits per heavy atom. The van der Waals surface area contributed by atoms with Crippen molar-refractivity contribution in [3.63, 3.8) is 0 Å². The molecule has 20 heavy (non-hydrogen) atoms. The van der Waals surface area contributed by atoms with E-state index in [0.29, 0.717) is 19.2 Å². The largest absolute Gasteiger partial charge is 0.396 e. The molecule has 2 amide bonds. The molecule has 1 aliphatic heterocycles. The van der Waals surface area contributed by atoms with Gasteiger partial charge in [0.05, 0.1) is 6.10 Å². The van der Waals surface area contributed by atoms with E-state index in [-0.39, 0.29) is 18.6 Å². The second kappa shape index (κ2) is 8.47.